The quantitative estimate of drug-likeness (QED) is 0.0550. The van der Waals surface area contributed by atoms with E-state index in [4.69, 9.17) is 13.8 Å². The molecule has 0 rings (SSSR count). The third-order valence-corrected chi connectivity index (χ3v) is 7.27. The summed E-state index contributed by atoms with van der Waals surface area (Å²) in [6.07, 6.45) is 19.6. The second-order valence-electron chi connectivity index (χ2n) is 10.1. The third-order valence-electron chi connectivity index (χ3n) is 6.29. The van der Waals surface area contributed by atoms with Crippen molar-refractivity contribution in [2.24, 2.45) is 0 Å². The molecule has 0 aromatic carbocycles. The van der Waals surface area contributed by atoms with Crippen LogP contribution in [0.5, 0.6) is 0 Å². The van der Waals surface area contributed by atoms with Crippen LogP contribution in [0.2, 0.25) is 0 Å². The van der Waals surface area contributed by atoms with Crippen molar-refractivity contribution in [3.05, 3.63) is 0 Å². The van der Waals surface area contributed by atoms with Crippen molar-refractivity contribution in [1.29, 1.82) is 0 Å². The lowest BCUT2D eigenvalue weighted by Gasteiger charge is -2.15. The van der Waals surface area contributed by atoms with Crippen LogP contribution in [0.3, 0.4) is 0 Å². The monoisotopic (exact) mass is 565 g/mol. The molecule has 0 aliphatic carbocycles. The van der Waals surface area contributed by atoms with Crippen molar-refractivity contribution in [2.75, 3.05) is 26.4 Å². The van der Waals surface area contributed by atoms with Gasteiger partial charge in [-0.05, 0) is 12.8 Å². The van der Waals surface area contributed by atoms with Crippen molar-refractivity contribution in [3.8, 4) is 0 Å². The predicted octanol–water partition coefficient (Wildman–Crippen LogP) is 6.59. The Bertz CT molecular complexity index is 620. The molecule has 0 radical (unpaired) electrons. The van der Waals surface area contributed by atoms with E-state index in [1.165, 1.54) is 70.6 Å². The molecule has 3 N–H and O–H groups in total. The Morgan fingerprint density at radius 2 is 1.18 bits per heavy atom. The molecule has 0 aromatic rings. The number of unbranched alkanes of at least 4 members (excludes halogenated alkanes) is 15. The summed E-state index contributed by atoms with van der Waals surface area (Å²) in [5, 5.41) is 12.5. The Balaban J connectivity index is 3.60. The van der Waals surface area contributed by atoms with E-state index in [9.17, 15) is 24.2 Å². The Labute approximate surface area is 231 Å². The molecule has 0 saturated carbocycles. The Hall–Kier alpha value is -0.990. The highest BCUT2D eigenvalue weighted by molar-refractivity contribution is 7.47. The number of carbonyl (C=O) groups is 2. The summed E-state index contributed by atoms with van der Waals surface area (Å²) in [6, 6.07) is 0. The molecule has 1 amide bonds. The fourth-order valence-corrected chi connectivity index (χ4v) is 4.72. The van der Waals surface area contributed by atoms with Gasteiger partial charge in [0.1, 0.15) is 12.7 Å². The van der Waals surface area contributed by atoms with Gasteiger partial charge in [-0.15, -0.1) is 0 Å². The van der Waals surface area contributed by atoms with Gasteiger partial charge in [0.05, 0.1) is 13.2 Å². The zero-order chi connectivity index (χ0) is 28.3. The number of aliphatic hydroxyl groups excluding tert-OH is 1. The first kappa shape index (κ1) is 37.0. The molecule has 0 heterocycles. The van der Waals surface area contributed by atoms with Crippen LogP contribution in [0.15, 0.2) is 0 Å². The van der Waals surface area contributed by atoms with E-state index in [1.54, 1.807) is 0 Å². The summed E-state index contributed by atoms with van der Waals surface area (Å²) in [4.78, 5) is 33.1. The lowest BCUT2D eigenvalue weighted by molar-refractivity contribution is -0.147. The second-order valence-corrected chi connectivity index (χ2v) is 11.5. The Morgan fingerprint density at radius 3 is 1.74 bits per heavy atom. The van der Waals surface area contributed by atoms with Gasteiger partial charge in [-0.2, -0.15) is 0 Å². The first-order valence-corrected chi connectivity index (χ1v) is 16.5. The smallest absolute Gasteiger partial charge is 0.463 e. The number of esters is 1. The molecule has 0 aromatic heterocycles. The van der Waals surface area contributed by atoms with E-state index in [0.29, 0.717) is 6.42 Å². The Kier molecular flexibility index (Phi) is 25.6. The molecule has 9 nitrogen and oxygen atoms in total. The van der Waals surface area contributed by atoms with Gasteiger partial charge in [-0.3, -0.25) is 18.6 Å². The van der Waals surface area contributed by atoms with Gasteiger partial charge in [0, 0.05) is 19.4 Å². The van der Waals surface area contributed by atoms with Crippen molar-refractivity contribution >= 4 is 19.7 Å². The normalized spacial score (nSPS) is 13.7. The molecule has 2 unspecified atom stereocenters. The third kappa shape index (κ3) is 26.6. The zero-order valence-corrected chi connectivity index (χ0v) is 25.0. The highest BCUT2D eigenvalue weighted by Crippen LogP contribution is 2.42. The number of ether oxygens (including phenoxy) is 1. The largest absolute Gasteiger partial charge is 0.472 e. The maximum Gasteiger partial charge on any atom is 0.472 e. The van der Waals surface area contributed by atoms with Crippen LogP contribution in [-0.2, 0) is 27.9 Å². The molecule has 0 aliphatic heterocycles. The van der Waals surface area contributed by atoms with Crippen LogP contribution in [0.4, 0.5) is 0 Å². The van der Waals surface area contributed by atoms with Crippen LogP contribution in [0.1, 0.15) is 136 Å². The lowest BCUT2D eigenvalue weighted by Crippen LogP contribution is -2.27. The average molecular weight is 566 g/mol. The average Bonchev–Trinajstić information content (AvgIpc) is 2.89. The maximum atomic E-state index is 11.9. The fraction of sp³-hybridized carbons (Fsp3) is 0.929. The molecule has 0 bridgehead atoms. The number of aliphatic hydroxyl groups is 1. The minimum atomic E-state index is -4.38. The molecular weight excluding hydrogens is 509 g/mol. The molecule has 0 spiro atoms. The number of nitrogens with one attached hydrogen (secondary N) is 1. The first-order valence-electron chi connectivity index (χ1n) is 15.0. The predicted molar refractivity (Wildman–Crippen MR) is 151 cm³/mol. The molecule has 0 saturated heterocycles. The first-order chi connectivity index (χ1) is 18.3. The highest BCUT2D eigenvalue weighted by atomic mass is 31.2. The van der Waals surface area contributed by atoms with Gasteiger partial charge in [0.15, 0.2) is 0 Å². The van der Waals surface area contributed by atoms with E-state index in [1.807, 2.05) is 6.92 Å². The summed E-state index contributed by atoms with van der Waals surface area (Å²) in [7, 11) is -4.38. The summed E-state index contributed by atoms with van der Waals surface area (Å²) < 4.78 is 26.4. The summed E-state index contributed by atoms with van der Waals surface area (Å²) >= 11 is 0. The number of carbonyl (C=O) groups excluding carboxylic acids is 2. The fourth-order valence-electron chi connectivity index (χ4n) is 3.97. The molecule has 10 heteroatoms. The number of phosphoric ester groups is 1. The number of hydrogen-bond donors (Lipinski definition) is 3. The van der Waals surface area contributed by atoms with Crippen LogP contribution < -0.4 is 5.32 Å². The summed E-state index contributed by atoms with van der Waals surface area (Å²) in [6.45, 7) is 3.36. The molecule has 2 atom stereocenters. The number of hydrogen-bond acceptors (Lipinski definition) is 7. The zero-order valence-electron chi connectivity index (χ0n) is 24.1. The lowest BCUT2D eigenvalue weighted by atomic mass is 10.0. The van der Waals surface area contributed by atoms with Crippen LogP contribution in [0.25, 0.3) is 0 Å². The number of phosphoric acid groups is 1. The van der Waals surface area contributed by atoms with Crippen LogP contribution >= 0.6 is 7.82 Å². The second kappa shape index (κ2) is 26.2. The van der Waals surface area contributed by atoms with Gasteiger partial charge in [-0.1, -0.05) is 110 Å². The summed E-state index contributed by atoms with van der Waals surface area (Å²) in [5.41, 5.74) is 0. The SMILES string of the molecule is CCCCCCCCCCCCCCCCC(=O)OCC(O)COP(=O)(O)OCCNC(=O)CCCCC. The minimum Gasteiger partial charge on any atom is -0.463 e. The van der Waals surface area contributed by atoms with Crippen LogP contribution in [-0.4, -0.2) is 54.3 Å². The van der Waals surface area contributed by atoms with Gasteiger partial charge in [0.25, 0.3) is 0 Å². The topological polar surface area (TPSA) is 131 Å². The van der Waals surface area contributed by atoms with Gasteiger partial charge >= 0.3 is 13.8 Å². The molecule has 38 heavy (non-hydrogen) atoms. The molecular formula is C28H56NO8P. The van der Waals surface area contributed by atoms with E-state index >= 15 is 0 Å². The number of amides is 1. The van der Waals surface area contributed by atoms with Crippen molar-refractivity contribution in [1.82, 2.24) is 5.32 Å². The van der Waals surface area contributed by atoms with E-state index in [0.717, 1.165) is 38.5 Å². The van der Waals surface area contributed by atoms with Crippen molar-refractivity contribution < 1.29 is 37.9 Å². The standard InChI is InChI=1S/C28H56NO8P/c1-3-5-7-8-9-10-11-12-13-14-15-16-17-19-21-28(32)35-24-26(30)25-37-38(33,34)36-23-22-29-27(31)20-18-6-4-2/h26,30H,3-25H2,1-2H3,(H,29,31)(H,33,34). The van der Waals surface area contributed by atoms with Crippen molar-refractivity contribution in [2.45, 2.75) is 142 Å². The molecule has 226 valence electrons. The van der Waals surface area contributed by atoms with Gasteiger partial charge in [-0.25, -0.2) is 4.57 Å². The highest BCUT2D eigenvalue weighted by Gasteiger charge is 2.23. The van der Waals surface area contributed by atoms with E-state index in [2.05, 4.69) is 12.2 Å². The summed E-state index contributed by atoms with van der Waals surface area (Å²) in [5.74, 6) is -0.539. The van der Waals surface area contributed by atoms with E-state index in [-0.39, 0.29) is 32.1 Å². The minimum absolute atomic E-state index is 0.0816. The van der Waals surface area contributed by atoms with Crippen LogP contribution in [0, 0.1) is 0 Å². The van der Waals surface area contributed by atoms with Crippen molar-refractivity contribution in [3.63, 3.8) is 0 Å². The molecule has 0 aliphatic rings. The number of rotatable bonds is 28. The maximum absolute atomic E-state index is 11.9. The van der Waals surface area contributed by atoms with Gasteiger partial charge < -0.3 is 20.1 Å². The molecule has 0 fully saturated rings. The Morgan fingerprint density at radius 1 is 0.711 bits per heavy atom. The van der Waals surface area contributed by atoms with E-state index < -0.39 is 26.5 Å². The van der Waals surface area contributed by atoms with Gasteiger partial charge in [0.2, 0.25) is 5.91 Å².